The van der Waals surface area contributed by atoms with Gasteiger partial charge in [-0.2, -0.15) is 0 Å². The molecule has 4 aromatic rings. The minimum absolute atomic E-state index is 0.0497. The Kier molecular flexibility index (Phi) is 3.34. The number of thiazole rings is 1. The molecule has 0 fully saturated rings. The summed E-state index contributed by atoms with van der Waals surface area (Å²) in [5, 5.41) is 4.16. The average molecular weight is 371 g/mol. The first-order chi connectivity index (χ1) is 12.1. The van der Waals surface area contributed by atoms with Crippen LogP contribution in [0.3, 0.4) is 0 Å². The van der Waals surface area contributed by atoms with Gasteiger partial charge >= 0.3 is 0 Å². The molecule has 0 amide bonds. The van der Waals surface area contributed by atoms with Crippen molar-refractivity contribution in [2.75, 3.05) is 6.54 Å². The van der Waals surface area contributed by atoms with Crippen molar-refractivity contribution in [3.8, 4) is 0 Å². The number of nitrogens with zero attached hydrogens (tertiary/aromatic N) is 4. The largest absolute Gasteiger partial charge is 0.312 e. The molecule has 0 saturated heterocycles. The Hall–Kier alpha value is -2.03. The van der Waals surface area contributed by atoms with Gasteiger partial charge in [-0.3, -0.25) is 13.8 Å². The molecule has 5 heterocycles. The number of fused-ring (bicyclic) bond motifs is 4. The molecule has 128 valence electrons. The molecule has 0 aromatic carbocycles. The molecule has 5 rings (SSSR count). The first kappa shape index (κ1) is 15.2. The lowest BCUT2D eigenvalue weighted by molar-refractivity contribution is 0.656. The lowest BCUT2D eigenvalue weighted by Crippen LogP contribution is -2.25. The Balaban J connectivity index is 1.60. The number of imidazole rings is 1. The van der Waals surface area contributed by atoms with Crippen LogP contribution in [0.1, 0.15) is 26.7 Å². The molecule has 8 heteroatoms. The van der Waals surface area contributed by atoms with Crippen LogP contribution in [0.5, 0.6) is 0 Å². The van der Waals surface area contributed by atoms with Crippen LogP contribution in [0.15, 0.2) is 17.3 Å². The summed E-state index contributed by atoms with van der Waals surface area (Å²) < 4.78 is 3.79. The number of aromatic nitrogens is 4. The molecular formula is C17H17N5OS2. The van der Waals surface area contributed by atoms with Crippen LogP contribution >= 0.6 is 22.7 Å². The summed E-state index contributed by atoms with van der Waals surface area (Å²) in [5.41, 5.74) is 3.33. The van der Waals surface area contributed by atoms with E-state index < -0.39 is 0 Å². The van der Waals surface area contributed by atoms with Gasteiger partial charge in [0.05, 0.1) is 24.0 Å². The highest BCUT2D eigenvalue weighted by atomic mass is 32.1. The van der Waals surface area contributed by atoms with Crippen LogP contribution in [0.2, 0.25) is 0 Å². The van der Waals surface area contributed by atoms with Gasteiger partial charge in [-0.25, -0.2) is 9.97 Å². The van der Waals surface area contributed by atoms with E-state index in [0.717, 1.165) is 40.4 Å². The second-order valence-corrected chi connectivity index (χ2v) is 8.68. The highest BCUT2D eigenvalue weighted by Gasteiger charge is 2.20. The summed E-state index contributed by atoms with van der Waals surface area (Å²) in [6.45, 7) is 6.41. The van der Waals surface area contributed by atoms with Crippen LogP contribution in [0, 0.1) is 13.8 Å². The van der Waals surface area contributed by atoms with Gasteiger partial charge < -0.3 is 5.32 Å². The molecule has 6 nitrogen and oxygen atoms in total. The third-order valence-corrected chi connectivity index (χ3v) is 7.08. The van der Waals surface area contributed by atoms with Gasteiger partial charge in [0.1, 0.15) is 4.83 Å². The molecule has 25 heavy (non-hydrogen) atoms. The summed E-state index contributed by atoms with van der Waals surface area (Å²) in [6.07, 6.45) is 4.58. The maximum absolute atomic E-state index is 13.0. The van der Waals surface area contributed by atoms with Crippen LogP contribution in [-0.2, 0) is 19.5 Å². The van der Waals surface area contributed by atoms with Crippen molar-refractivity contribution in [2.24, 2.45) is 0 Å². The summed E-state index contributed by atoms with van der Waals surface area (Å²) in [5.74, 6) is 0. The first-order valence-electron chi connectivity index (χ1n) is 8.26. The standard InChI is InChI=1S/C17H17N5OS2/c1-9-10(2)24-17-20-11(7-22(9)17)6-21-8-19-15-14(16(21)23)12-3-4-18-5-13(12)25-15/h7-8,18H,3-6H2,1-2H3. The number of thiophene rings is 1. The van der Waals surface area contributed by atoms with Crippen molar-refractivity contribution >= 4 is 37.9 Å². The molecule has 0 unspecified atom stereocenters. The second kappa shape index (κ2) is 5.48. The molecule has 1 aliphatic rings. The predicted molar refractivity (Wildman–Crippen MR) is 101 cm³/mol. The van der Waals surface area contributed by atoms with E-state index in [0.29, 0.717) is 6.54 Å². The van der Waals surface area contributed by atoms with Crippen molar-refractivity contribution in [1.29, 1.82) is 0 Å². The normalized spacial score (nSPS) is 14.5. The molecule has 0 bridgehead atoms. The Morgan fingerprint density at radius 2 is 2.20 bits per heavy atom. The molecule has 0 atom stereocenters. The Bertz CT molecular complexity index is 1180. The lowest BCUT2D eigenvalue weighted by Gasteiger charge is -2.12. The van der Waals surface area contributed by atoms with Gasteiger partial charge in [-0.05, 0) is 32.4 Å². The zero-order chi connectivity index (χ0) is 17.1. The molecule has 1 aliphatic heterocycles. The molecule has 4 aromatic heterocycles. The number of nitrogens with one attached hydrogen (secondary N) is 1. The Morgan fingerprint density at radius 1 is 1.32 bits per heavy atom. The number of hydrogen-bond donors (Lipinski definition) is 1. The van der Waals surface area contributed by atoms with Crippen LogP contribution in [0.25, 0.3) is 15.2 Å². The molecule has 0 saturated carbocycles. The van der Waals surface area contributed by atoms with E-state index in [4.69, 9.17) is 0 Å². The Morgan fingerprint density at radius 3 is 3.04 bits per heavy atom. The van der Waals surface area contributed by atoms with Crippen molar-refractivity contribution in [3.05, 3.63) is 49.6 Å². The predicted octanol–water partition coefficient (Wildman–Crippen LogP) is 2.48. The van der Waals surface area contributed by atoms with E-state index in [9.17, 15) is 4.79 Å². The molecule has 0 aliphatic carbocycles. The molecular weight excluding hydrogens is 354 g/mol. The third kappa shape index (κ3) is 2.28. The van der Waals surface area contributed by atoms with Crippen molar-refractivity contribution in [1.82, 2.24) is 24.3 Å². The molecule has 0 spiro atoms. The third-order valence-electron chi connectivity index (χ3n) is 4.87. The van der Waals surface area contributed by atoms with Gasteiger partial charge in [-0.15, -0.1) is 22.7 Å². The van der Waals surface area contributed by atoms with Gasteiger partial charge in [0.2, 0.25) is 0 Å². The van der Waals surface area contributed by atoms with Crippen molar-refractivity contribution in [3.63, 3.8) is 0 Å². The van der Waals surface area contributed by atoms with Gasteiger partial charge in [-0.1, -0.05) is 0 Å². The van der Waals surface area contributed by atoms with E-state index >= 15 is 0 Å². The fourth-order valence-electron chi connectivity index (χ4n) is 3.42. The van der Waals surface area contributed by atoms with E-state index in [1.54, 1.807) is 33.6 Å². The fraction of sp³-hybridized carbons (Fsp3) is 0.353. The number of aryl methyl sites for hydroxylation is 2. The first-order valence-corrected chi connectivity index (χ1v) is 9.89. The zero-order valence-electron chi connectivity index (χ0n) is 14.0. The minimum Gasteiger partial charge on any atom is -0.312 e. The van der Waals surface area contributed by atoms with Gasteiger partial charge in [0.15, 0.2) is 4.96 Å². The maximum Gasteiger partial charge on any atom is 0.262 e. The minimum atomic E-state index is 0.0497. The van der Waals surface area contributed by atoms with Crippen molar-refractivity contribution in [2.45, 2.75) is 33.4 Å². The van der Waals surface area contributed by atoms with Crippen LogP contribution < -0.4 is 10.9 Å². The molecule has 1 N–H and O–H groups in total. The summed E-state index contributed by atoms with van der Waals surface area (Å²) in [4.78, 5) is 26.6. The highest BCUT2D eigenvalue weighted by Crippen LogP contribution is 2.29. The van der Waals surface area contributed by atoms with Gasteiger partial charge in [0, 0.05) is 28.2 Å². The average Bonchev–Trinajstić information content (AvgIpc) is 3.24. The monoisotopic (exact) mass is 371 g/mol. The smallest absolute Gasteiger partial charge is 0.262 e. The summed E-state index contributed by atoms with van der Waals surface area (Å²) in [6, 6.07) is 0. The van der Waals surface area contributed by atoms with E-state index in [1.807, 2.05) is 6.20 Å². The lowest BCUT2D eigenvalue weighted by atomic mass is 10.1. The van der Waals surface area contributed by atoms with Crippen LogP contribution in [0.4, 0.5) is 0 Å². The SMILES string of the molecule is Cc1sc2nc(Cn3cnc4sc5c(c4c3=O)CCNC5)cn2c1C. The van der Waals surface area contributed by atoms with Crippen LogP contribution in [-0.4, -0.2) is 25.5 Å². The van der Waals surface area contributed by atoms with Crippen molar-refractivity contribution < 1.29 is 0 Å². The van der Waals surface area contributed by atoms with Gasteiger partial charge in [0.25, 0.3) is 5.56 Å². The number of hydrogen-bond acceptors (Lipinski definition) is 6. The topological polar surface area (TPSA) is 64.2 Å². The molecule has 0 radical (unpaired) electrons. The van der Waals surface area contributed by atoms with E-state index in [-0.39, 0.29) is 5.56 Å². The highest BCUT2D eigenvalue weighted by molar-refractivity contribution is 7.18. The fourth-order valence-corrected chi connectivity index (χ4v) is 5.53. The van der Waals surface area contributed by atoms with E-state index in [2.05, 4.69) is 33.5 Å². The number of rotatable bonds is 2. The maximum atomic E-state index is 13.0. The Labute approximate surface area is 151 Å². The van der Waals surface area contributed by atoms with E-state index in [1.165, 1.54) is 21.0 Å². The zero-order valence-corrected chi connectivity index (χ0v) is 15.6. The quantitative estimate of drug-likeness (QED) is 0.588. The summed E-state index contributed by atoms with van der Waals surface area (Å²) in [7, 11) is 0. The summed E-state index contributed by atoms with van der Waals surface area (Å²) >= 11 is 3.31. The second-order valence-electron chi connectivity index (χ2n) is 6.42.